The highest BCUT2D eigenvalue weighted by molar-refractivity contribution is 5.85. The summed E-state index contributed by atoms with van der Waals surface area (Å²) in [6.07, 6.45) is 5.75. The van der Waals surface area contributed by atoms with Crippen molar-refractivity contribution in [2.24, 2.45) is 5.73 Å². The van der Waals surface area contributed by atoms with Crippen LogP contribution in [0.5, 0.6) is 5.75 Å². The topological polar surface area (TPSA) is 54.3 Å². The summed E-state index contributed by atoms with van der Waals surface area (Å²) in [7, 11) is 1.73. The van der Waals surface area contributed by atoms with Crippen molar-refractivity contribution in [3.05, 3.63) is 30.0 Å². The Hall–Kier alpha value is -1.52. The van der Waals surface area contributed by atoms with Crippen LogP contribution in [0.15, 0.2) is 24.4 Å². The van der Waals surface area contributed by atoms with Crippen LogP contribution >= 0.6 is 0 Å². The van der Waals surface area contributed by atoms with Crippen LogP contribution in [-0.4, -0.2) is 43.2 Å². The zero-order valence-electron chi connectivity index (χ0n) is 12.8. The molecule has 1 aliphatic heterocycles. The van der Waals surface area contributed by atoms with Gasteiger partial charge in [0.05, 0.1) is 7.11 Å². The number of benzene rings is 1. The van der Waals surface area contributed by atoms with Crippen molar-refractivity contribution in [3.8, 4) is 5.75 Å². The normalized spacial score (nSPS) is 17.4. The highest BCUT2D eigenvalue weighted by Gasteiger charge is 2.22. The lowest BCUT2D eigenvalue weighted by atomic mass is 9.89. The molecule has 4 nitrogen and oxygen atoms in total. The van der Waals surface area contributed by atoms with E-state index in [2.05, 4.69) is 28.2 Å². The largest absolute Gasteiger partial charge is 0.497 e. The number of likely N-dealkylation sites (tertiary alicyclic amines) is 1. The van der Waals surface area contributed by atoms with Crippen molar-refractivity contribution in [3.63, 3.8) is 0 Å². The Morgan fingerprint density at radius 2 is 2.14 bits per heavy atom. The molecule has 114 valence electrons. The summed E-state index contributed by atoms with van der Waals surface area (Å²) in [4.78, 5) is 5.94. The summed E-state index contributed by atoms with van der Waals surface area (Å²) in [5.41, 5.74) is 8.25. The van der Waals surface area contributed by atoms with E-state index in [-0.39, 0.29) is 0 Å². The Labute approximate surface area is 126 Å². The van der Waals surface area contributed by atoms with Crippen LogP contribution < -0.4 is 10.5 Å². The lowest BCUT2D eigenvalue weighted by Crippen LogP contribution is -2.34. The fraction of sp³-hybridized carbons (Fsp3) is 0.529. The van der Waals surface area contributed by atoms with Gasteiger partial charge in [0.2, 0.25) is 0 Å². The van der Waals surface area contributed by atoms with Gasteiger partial charge >= 0.3 is 0 Å². The first-order valence-corrected chi connectivity index (χ1v) is 7.89. The number of methoxy groups -OCH3 is 1. The van der Waals surface area contributed by atoms with Crippen molar-refractivity contribution in [1.29, 1.82) is 0 Å². The summed E-state index contributed by atoms with van der Waals surface area (Å²) in [5.74, 6) is 1.59. The Bertz CT molecular complexity index is 585. The van der Waals surface area contributed by atoms with Gasteiger partial charge < -0.3 is 20.4 Å². The minimum absolute atomic E-state index is 0.653. The van der Waals surface area contributed by atoms with Gasteiger partial charge in [-0.1, -0.05) is 0 Å². The van der Waals surface area contributed by atoms with Crippen LogP contribution in [0.1, 0.15) is 30.7 Å². The number of nitrogens with one attached hydrogen (secondary N) is 1. The second-order valence-corrected chi connectivity index (χ2v) is 5.91. The molecule has 1 saturated heterocycles. The molecule has 0 atom stereocenters. The minimum atomic E-state index is 0.653. The monoisotopic (exact) mass is 287 g/mol. The molecular weight excluding hydrogens is 262 g/mol. The number of piperidine rings is 1. The van der Waals surface area contributed by atoms with Crippen LogP contribution in [0.3, 0.4) is 0 Å². The number of aromatic amines is 1. The molecule has 21 heavy (non-hydrogen) atoms. The average Bonchev–Trinajstić information content (AvgIpc) is 2.96. The van der Waals surface area contributed by atoms with E-state index >= 15 is 0 Å². The molecule has 2 heterocycles. The number of ether oxygens (including phenoxy) is 1. The first-order chi connectivity index (χ1) is 10.3. The molecular formula is C17H25N3O. The van der Waals surface area contributed by atoms with E-state index in [1.165, 1.54) is 42.4 Å². The van der Waals surface area contributed by atoms with Gasteiger partial charge in [0.15, 0.2) is 0 Å². The van der Waals surface area contributed by atoms with Crippen LogP contribution in [0, 0.1) is 0 Å². The van der Waals surface area contributed by atoms with Gasteiger partial charge in [-0.15, -0.1) is 0 Å². The van der Waals surface area contributed by atoms with Gasteiger partial charge in [0.1, 0.15) is 5.75 Å². The van der Waals surface area contributed by atoms with Crippen LogP contribution in [0.4, 0.5) is 0 Å². The molecule has 1 aromatic heterocycles. The number of fused-ring (bicyclic) bond motifs is 1. The smallest absolute Gasteiger partial charge is 0.119 e. The maximum atomic E-state index is 5.60. The standard InChI is InChI=1S/C17H25N3O/c1-21-14-3-4-17-15(11-14)16(12-19-17)13-5-9-20(10-6-13)8-2-7-18/h3-4,11-13,19H,2,5-10,18H2,1H3. The molecule has 0 unspecified atom stereocenters. The van der Waals surface area contributed by atoms with Gasteiger partial charge in [0, 0.05) is 17.1 Å². The third kappa shape index (κ3) is 3.06. The molecule has 0 aliphatic carbocycles. The number of hydrogen-bond acceptors (Lipinski definition) is 3. The van der Waals surface area contributed by atoms with E-state index in [9.17, 15) is 0 Å². The zero-order chi connectivity index (χ0) is 14.7. The lowest BCUT2D eigenvalue weighted by Gasteiger charge is -2.31. The van der Waals surface area contributed by atoms with E-state index in [4.69, 9.17) is 10.5 Å². The quantitative estimate of drug-likeness (QED) is 0.889. The van der Waals surface area contributed by atoms with Crippen molar-refractivity contribution in [2.75, 3.05) is 33.3 Å². The number of hydrogen-bond donors (Lipinski definition) is 2. The fourth-order valence-electron chi connectivity index (χ4n) is 3.37. The third-order valence-corrected chi connectivity index (χ3v) is 4.63. The van der Waals surface area contributed by atoms with Crippen molar-refractivity contribution in [1.82, 2.24) is 9.88 Å². The van der Waals surface area contributed by atoms with Crippen LogP contribution in [0.2, 0.25) is 0 Å². The van der Waals surface area contributed by atoms with Crippen LogP contribution in [-0.2, 0) is 0 Å². The molecule has 4 heteroatoms. The highest BCUT2D eigenvalue weighted by Crippen LogP contribution is 2.34. The first-order valence-electron chi connectivity index (χ1n) is 7.89. The van der Waals surface area contributed by atoms with E-state index in [0.717, 1.165) is 25.3 Å². The predicted molar refractivity (Wildman–Crippen MR) is 86.9 cm³/mol. The second-order valence-electron chi connectivity index (χ2n) is 5.91. The molecule has 0 spiro atoms. The van der Waals surface area contributed by atoms with Gasteiger partial charge in [-0.2, -0.15) is 0 Å². The molecule has 3 rings (SSSR count). The molecule has 1 aromatic carbocycles. The number of aromatic nitrogens is 1. The third-order valence-electron chi connectivity index (χ3n) is 4.63. The lowest BCUT2D eigenvalue weighted by molar-refractivity contribution is 0.212. The molecule has 1 fully saturated rings. The Balaban J connectivity index is 1.73. The second kappa shape index (κ2) is 6.50. The number of H-pyrrole nitrogens is 1. The van der Waals surface area contributed by atoms with Crippen molar-refractivity contribution >= 4 is 10.9 Å². The molecule has 0 amide bonds. The van der Waals surface area contributed by atoms with E-state index in [1.54, 1.807) is 7.11 Å². The van der Waals surface area contributed by atoms with Gasteiger partial charge in [-0.25, -0.2) is 0 Å². The summed E-state index contributed by atoms with van der Waals surface area (Å²) >= 11 is 0. The predicted octanol–water partition coefficient (Wildman–Crippen LogP) is 2.70. The van der Waals surface area contributed by atoms with Crippen molar-refractivity contribution < 1.29 is 4.74 Å². The molecule has 0 saturated carbocycles. The average molecular weight is 287 g/mol. The summed E-state index contributed by atoms with van der Waals surface area (Å²) < 4.78 is 5.36. The van der Waals surface area contributed by atoms with Crippen LogP contribution in [0.25, 0.3) is 10.9 Å². The Morgan fingerprint density at radius 1 is 1.33 bits per heavy atom. The van der Waals surface area contributed by atoms with Gasteiger partial charge in [-0.3, -0.25) is 0 Å². The number of nitrogens with two attached hydrogens (primary N) is 1. The highest BCUT2D eigenvalue weighted by atomic mass is 16.5. The number of rotatable bonds is 5. The summed E-state index contributed by atoms with van der Waals surface area (Å²) in [6.45, 7) is 4.30. The molecule has 3 N–H and O–H groups in total. The SMILES string of the molecule is COc1ccc2[nH]cc(C3CCN(CCCN)CC3)c2c1. The van der Waals surface area contributed by atoms with E-state index in [1.807, 2.05) is 6.07 Å². The molecule has 2 aromatic rings. The molecule has 1 aliphatic rings. The number of nitrogens with zero attached hydrogens (tertiary/aromatic N) is 1. The van der Waals surface area contributed by atoms with Gasteiger partial charge in [-0.05, 0) is 75.1 Å². The zero-order valence-corrected chi connectivity index (χ0v) is 12.8. The first kappa shape index (κ1) is 14.4. The fourth-order valence-corrected chi connectivity index (χ4v) is 3.37. The Morgan fingerprint density at radius 3 is 2.86 bits per heavy atom. The maximum Gasteiger partial charge on any atom is 0.119 e. The molecule has 0 bridgehead atoms. The summed E-state index contributed by atoms with van der Waals surface area (Å²) in [5, 5.41) is 1.31. The molecule has 0 radical (unpaired) electrons. The minimum Gasteiger partial charge on any atom is -0.497 e. The van der Waals surface area contributed by atoms with E-state index < -0.39 is 0 Å². The van der Waals surface area contributed by atoms with Crippen molar-refractivity contribution in [2.45, 2.75) is 25.2 Å². The Kier molecular flexibility index (Phi) is 4.46. The maximum absolute atomic E-state index is 5.60. The summed E-state index contributed by atoms with van der Waals surface area (Å²) in [6, 6.07) is 6.27. The van der Waals surface area contributed by atoms with E-state index in [0.29, 0.717) is 5.92 Å². The van der Waals surface area contributed by atoms with Gasteiger partial charge in [0.25, 0.3) is 0 Å².